The molecule has 0 saturated carbocycles. The van der Waals surface area contributed by atoms with Crippen LogP contribution in [0.25, 0.3) is 0 Å². The number of likely N-dealkylation sites (N-methyl/N-ethyl adjacent to an activating group) is 1. The minimum Gasteiger partial charge on any atom is -0.397 e. The van der Waals surface area contributed by atoms with Gasteiger partial charge < -0.3 is 15.7 Å². The Bertz CT molecular complexity index is 473. The largest absolute Gasteiger partial charge is 0.397 e. The van der Waals surface area contributed by atoms with Crippen LogP contribution >= 0.6 is 0 Å². The normalized spacial score (nSPS) is 11.4. The number of hydrogen-bond acceptors (Lipinski definition) is 5. The average Bonchev–Trinajstić information content (AvgIpc) is 2.16. The van der Waals surface area contributed by atoms with Gasteiger partial charge in [-0.1, -0.05) is 0 Å². The number of hydrogen-bond donors (Lipinski definition) is 3. The fourth-order valence-electron chi connectivity index (χ4n) is 1.30. The lowest BCUT2D eigenvalue weighted by molar-refractivity contribution is 0.304. The summed E-state index contributed by atoms with van der Waals surface area (Å²) in [4.78, 5) is 1.66. The molecule has 0 amide bonds. The first kappa shape index (κ1) is 12.8. The molecule has 7 heteroatoms. The van der Waals surface area contributed by atoms with E-state index in [1.54, 1.807) is 11.9 Å². The monoisotopic (exact) mass is 245 g/mol. The second-order valence-corrected chi connectivity index (χ2v) is 4.97. The number of benzene rings is 1. The van der Waals surface area contributed by atoms with Crippen molar-refractivity contribution in [3.8, 4) is 0 Å². The number of aliphatic hydroxyl groups is 1. The molecule has 0 saturated heterocycles. The molecule has 16 heavy (non-hydrogen) atoms. The first-order valence-corrected chi connectivity index (χ1v) is 6.15. The van der Waals surface area contributed by atoms with E-state index in [2.05, 4.69) is 0 Å². The Hall–Kier alpha value is -1.31. The van der Waals surface area contributed by atoms with Crippen molar-refractivity contribution in [3.63, 3.8) is 0 Å². The number of nitrogen functional groups attached to an aromatic ring is 1. The molecular weight excluding hydrogens is 230 g/mol. The Balaban J connectivity index is 3.19. The van der Waals surface area contributed by atoms with Crippen molar-refractivity contribution in [3.05, 3.63) is 18.2 Å². The summed E-state index contributed by atoms with van der Waals surface area (Å²) in [6.07, 6.45) is 0. The van der Waals surface area contributed by atoms with Gasteiger partial charge in [0.2, 0.25) is 10.0 Å². The van der Waals surface area contributed by atoms with Crippen molar-refractivity contribution in [1.29, 1.82) is 0 Å². The van der Waals surface area contributed by atoms with Crippen LogP contribution in [0.1, 0.15) is 0 Å². The number of anilines is 2. The smallest absolute Gasteiger partial charge is 0.238 e. The van der Waals surface area contributed by atoms with E-state index in [9.17, 15) is 8.42 Å². The predicted octanol–water partition coefficient (Wildman–Crippen LogP) is -0.655. The van der Waals surface area contributed by atoms with E-state index in [1.807, 2.05) is 0 Å². The maximum atomic E-state index is 11.1. The zero-order valence-electron chi connectivity index (χ0n) is 8.92. The van der Waals surface area contributed by atoms with Gasteiger partial charge in [-0.05, 0) is 18.2 Å². The van der Waals surface area contributed by atoms with Crippen LogP contribution in [-0.4, -0.2) is 33.7 Å². The molecule has 0 aliphatic rings. The summed E-state index contributed by atoms with van der Waals surface area (Å²) < 4.78 is 22.3. The second kappa shape index (κ2) is 4.69. The highest BCUT2D eigenvalue weighted by molar-refractivity contribution is 7.89. The van der Waals surface area contributed by atoms with Gasteiger partial charge in [-0.25, -0.2) is 13.6 Å². The lowest BCUT2D eigenvalue weighted by atomic mass is 10.2. The molecule has 0 aliphatic heterocycles. The third kappa shape index (κ3) is 2.84. The van der Waals surface area contributed by atoms with E-state index in [0.717, 1.165) is 0 Å². The SMILES string of the molecule is CN(CCO)c1cc(S(N)(=O)=O)ccc1N. The van der Waals surface area contributed by atoms with E-state index in [-0.39, 0.29) is 11.5 Å². The van der Waals surface area contributed by atoms with Crippen molar-refractivity contribution >= 4 is 21.4 Å². The standard InChI is InChI=1S/C9H15N3O3S/c1-12(4-5-13)9-6-7(16(11,14)15)2-3-8(9)10/h2-3,6,13H,4-5,10H2,1H3,(H2,11,14,15). The number of nitrogens with zero attached hydrogens (tertiary/aromatic N) is 1. The highest BCUT2D eigenvalue weighted by Crippen LogP contribution is 2.24. The number of nitrogens with two attached hydrogens (primary N) is 2. The van der Waals surface area contributed by atoms with Crippen LogP contribution < -0.4 is 15.8 Å². The average molecular weight is 245 g/mol. The summed E-state index contributed by atoms with van der Waals surface area (Å²) in [5, 5.41) is 13.8. The van der Waals surface area contributed by atoms with E-state index < -0.39 is 10.0 Å². The Morgan fingerprint density at radius 2 is 2.06 bits per heavy atom. The van der Waals surface area contributed by atoms with Gasteiger partial charge in [-0.3, -0.25) is 0 Å². The molecule has 90 valence electrons. The van der Waals surface area contributed by atoms with Crippen LogP contribution in [0, 0.1) is 0 Å². The molecule has 6 nitrogen and oxygen atoms in total. The summed E-state index contributed by atoms with van der Waals surface area (Å²) >= 11 is 0. The fraction of sp³-hybridized carbons (Fsp3) is 0.333. The molecule has 0 atom stereocenters. The number of aliphatic hydroxyl groups excluding tert-OH is 1. The first-order chi connectivity index (χ1) is 7.36. The van der Waals surface area contributed by atoms with Gasteiger partial charge in [-0.2, -0.15) is 0 Å². The van der Waals surface area contributed by atoms with Crippen molar-refractivity contribution in [2.75, 3.05) is 30.8 Å². The van der Waals surface area contributed by atoms with Gasteiger partial charge in [-0.15, -0.1) is 0 Å². The Morgan fingerprint density at radius 3 is 2.56 bits per heavy atom. The fourth-order valence-corrected chi connectivity index (χ4v) is 1.84. The highest BCUT2D eigenvalue weighted by atomic mass is 32.2. The number of rotatable bonds is 4. The highest BCUT2D eigenvalue weighted by Gasteiger charge is 2.12. The van der Waals surface area contributed by atoms with Crippen molar-refractivity contribution < 1.29 is 13.5 Å². The van der Waals surface area contributed by atoms with E-state index in [4.69, 9.17) is 16.0 Å². The molecule has 0 radical (unpaired) electrons. The second-order valence-electron chi connectivity index (χ2n) is 3.41. The van der Waals surface area contributed by atoms with Crippen molar-refractivity contribution in [2.45, 2.75) is 4.90 Å². The summed E-state index contributed by atoms with van der Waals surface area (Å²) in [6, 6.07) is 4.21. The molecule has 0 aromatic heterocycles. The van der Waals surface area contributed by atoms with Gasteiger partial charge in [0.25, 0.3) is 0 Å². The Kier molecular flexibility index (Phi) is 3.74. The molecule has 1 aromatic rings. The predicted molar refractivity (Wildman–Crippen MR) is 62.6 cm³/mol. The summed E-state index contributed by atoms with van der Waals surface area (Å²) in [7, 11) is -2.03. The number of sulfonamides is 1. The summed E-state index contributed by atoms with van der Waals surface area (Å²) in [5.74, 6) is 0. The molecule has 0 heterocycles. The zero-order chi connectivity index (χ0) is 12.3. The molecule has 1 aromatic carbocycles. The Labute approximate surface area is 94.5 Å². The summed E-state index contributed by atoms with van der Waals surface area (Å²) in [5.41, 5.74) is 6.67. The van der Waals surface area contributed by atoms with Gasteiger partial charge in [0.15, 0.2) is 0 Å². The van der Waals surface area contributed by atoms with Crippen LogP contribution in [0.3, 0.4) is 0 Å². The molecule has 5 N–H and O–H groups in total. The van der Waals surface area contributed by atoms with Crippen molar-refractivity contribution in [2.24, 2.45) is 5.14 Å². The third-order valence-electron chi connectivity index (χ3n) is 2.18. The molecule has 0 bridgehead atoms. The van der Waals surface area contributed by atoms with Gasteiger partial charge in [0.05, 0.1) is 22.9 Å². The molecule has 0 spiro atoms. The van der Waals surface area contributed by atoms with Gasteiger partial charge in [0.1, 0.15) is 0 Å². The quantitative estimate of drug-likeness (QED) is 0.610. The lowest BCUT2D eigenvalue weighted by Gasteiger charge is -2.20. The Morgan fingerprint density at radius 1 is 1.44 bits per heavy atom. The maximum absolute atomic E-state index is 11.1. The lowest BCUT2D eigenvalue weighted by Crippen LogP contribution is -2.23. The molecule has 0 unspecified atom stereocenters. The van der Waals surface area contributed by atoms with Crippen LogP contribution in [0.5, 0.6) is 0 Å². The van der Waals surface area contributed by atoms with Crippen LogP contribution in [0.2, 0.25) is 0 Å². The van der Waals surface area contributed by atoms with E-state index in [0.29, 0.717) is 17.9 Å². The van der Waals surface area contributed by atoms with Crippen molar-refractivity contribution in [1.82, 2.24) is 0 Å². The first-order valence-electron chi connectivity index (χ1n) is 4.60. The minimum atomic E-state index is -3.74. The minimum absolute atomic E-state index is 0.00138. The van der Waals surface area contributed by atoms with Gasteiger partial charge >= 0.3 is 0 Å². The van der Waals surface area contributed by atoms with Crippen LogP contribution in [0.15, 0.2) is 23.1 Å². The van der Waals surface area contributed by atoms with Crippen LogP contribution in [0.4, 0.5) is 11.4 Å². The molecular formula is C9H15N3O3S. The topological polar surface area (TPSA) is 110 Å². The third-order valence-corrected chi connectivity index (χ3v) is 3.09. The zero-order valence-corrected chi connectivity index (χ0v) is 9.74. The van der Waals surface area contributed by atoms with Gasteiger partial charge in [0, 0.05) is 13.6 Å². The summed E-state index contributed by atoms with van der Waals surface area (Å²) in [6.45, 7) is 0.313. The molecule has 0 fully saturated rings. The number of primary sulfonamides is 1. The molecule has 1 rings (SSSR count). The van der Waals surface area contributed by atoms with E-state index >= 15 is 0 Å². The molecule has 0 aliphatic carbocycles. The maximum Gasteiger partial charge on any atom is 0.238 e. The van der Waals surface area contributed by atoms with E-state index in [1.165, 1.54) is 18.2 Å². The van der Waals surface area contributed by atoms with Crippen LogP contribution in [-0.2, 0) is 10.0 Å².